The Balaban J connectivity index is 1.54. The summed E-state index contributed by atoms with van der Waals surface area (Å²) in [5.41, 5.74) is 7.96. The number of benzene rings is 3. The van der Waals surface area contributed by atoms with Crippen LogP contribution in [-0.4, -0.2) is 34.2 Å². The van der Waals surface area contributed by atoms with Crippen LogP contribution in [0, 0.1) is 5.82 Å². The predicted octanol–water partition coefficient (Wildman–Crippen LogP) is 3.53. The molecule has 0 bridgehead atoms. The van der Waals surface area contributed by atoms with Crippen LogP contribution in [0.15, 0.2) is 66.7 Å². The van der Waals surface area contributed by atoms with E-state index in [0.29, 0.717) is 17.5 Å². The van der Waals surface area contributed by atoms with Gasteiger partial charge in [0.2, 0.25) is 5.91 Å². The zero-order valence-electron chi connectivity index (χ0n) is 20.9. The number of rotatable bonds is 11. The van der Waals surface area contributed by atoms with Crippen LogP contribution >= 0.6 is 0 Å². The molecule has 7 N–H and O–H groups in total. The summed E-state index contributed by atoms with van der Waals surface area (Å²) >= 11 is 0. The Kier molecular flexibility index (Phi) is 9.21. The number of aromatic hydroxyl groups is 1. The topological polar surface area (TPSA) is 137 Å². The number of nitrogens with one attached hydrogen (secondary N) is 3. The normalized spacial score (nSPS) is 12.1. The van der Waals surface area contributed by atoms with E-state index in [1.807, 2.05) is 38.1 Å². The number of carbonyl (C=O) groups excluding carboxylic acids is 2. The lowest BCUT2D eigenvalue weighted by Crippen LogP contribution is -2.43. The Hall–Kier alpha value is -3.95. The van der Waals surface area contributed by atoms with Crippen molar-refractivity contribution >= 4 is 17.6 Å². The number of hydrogen-bond donors (Lipinski definition) is 6. The molecule has 0 aliphatic rings. The third-order valence-corrected chi connectivity index (χ3v) is 5.82. The number of primary amides is 1. The minimum absolute atomic E-state index is 0.125. The van der Waals surface area contributed by atoms with Crippen molar-refractivity contribution in [3.63, 3.8) is 0 Å². The predicted molar refractivity (Wildman–Crippen MR) is 140 cm³/mol. The second kappa shape index (κ2) is 12.3. The second-order valence-corrected chi connectivity index (χ2v) is 9.63. The quantitative estimate of drug-likeness (QED) is 0.220. The van der Waals surface area contributed by atoms with Gasteiger partial charge in [-0.1, -0.05) is 42.5 Å². The number of aliphatic hydroxyl groups excluding tert-OH is 1. The smallest absolute Gasteiger partial charge is 0.316 e. The van der Waals surface area contributed by atoms with Crippen LogP contribution in [0.25, 0.3) is 0 Å². The monoisotopic (exact) mass is 508 g/mol. The fourth-order valence-corrected chi connectivity index (χ4v) is 4.00. The molecule has 0 aliphatic carbocycles. The third-order valence-electron chi connectivity index (χ3n) is 5.82. The van der Waals surface area contributed by atoms with Crippen molar-refractivity contribution in [3.8, 4) is 5.75 Å². The van der Waals surface area contributed by atoms with Gasteiger partial charge in [-0.2, -0.15) is 0 Å². The number of aliphatic hydroxyl groups is 1. The molecule has 0 saturated heterocycles. The van der Waals surface area contributed by atoms with Crippen molar-refractivity contribution in [3.05, 3.63) is 94.8 Å². The van der Waals surface area contributed by atoms with E-state index in [0.717, 1.165) is 11.1 Å². The molecule has 1 unspecified atom stereocenters. The first-order chi connectivity index (χ1) is 17.5. The van der Waals surface area contributed by atoms with Crippen molar-refractivity contribution in [1.82, 2.24) is 10.6 Å². The molecule has 37 heavy (non-hydrogen) atoms. The maximum Gasteiger partial charge on any atom is 0.316 e. The van der Waals surface area contributed by atoms with Crippen LogP contribution in [0.2, 0.25) is 0 Å². The fraction of sp³-hybridized carbons (Fsp3) is 0.286. The number of carbonyl (C=O) groups is 2. The average molecular weight is 509 g/mol. The van der Waals surface area contributed by atoms with Gasteiger partial charge in [-0.15, -0.1) is 0 Å². The summed E-state index contributed by atoms with van der Waals surface area (Å²) < 4.78 is 13.3. The zero-order chi connectivity index (χ0) is 27.0. The highest BCUT2D eigenvalue weighted by Crippen LogP contribution is 2.27. The molecule has 1 atom stereocenters. The Morgan fingerprint density at radius 1 is 1.00 bits per heavy atom. The summed E-state index contributed by atoms with van der Waals surface area (Å²) in [6, 6.07) is 17.5. The SMILES string of the molecule is CC(C)(Cc1cccc(CC(=O)NCc2cccc(F)c2)c1)NCC(O)c1ccc(O)c(NC(N)=O)c1. The highest BCUT2D eigenvalue weighted by atomic mass is 19.1. The molecule has 3 aromatic carbocycles. The van der Waals surface area contributed by atoms with Gasteiger partial charge in [0.25, 0.3) is 0 Å². The van der Waals surface area contributed by atoms with E-state index >= 15 is 0 Å². The van der Waals surface area contributed by atoms with E-state index in [9.17, 15) is 24.2 Å². The molecule has 0 radical (unpaired) electrons. The number of amides is 3. The van der Waals surface area contributed by atoms with Crippen molar-refractivity contribution in [2.24, 2.45) is 5.73 Å². The molecule has 3 aromatic rings. The van der Waals surface area contributed by atoms with E-state index in [1.54, 1.807) is 18.2 Å². The zero-order valence-corrected chi connectivity index (χ0v) is 20.9. The molecule has 9 heteroatoms. The maximum absolute atomic E-state index is 13.3. The van der Waals surface area contributed by atoms with Gasteiger partial charge < -0.3 is 31.9 Å². The Labute approximate surface area is 215 Å². The molecule has 3 rings (SSSR count). The molecule has 0 fully saturated rings. The van der Waals surface area contributed by atoms with Gasteiger partial charge in [0.1, 0.15) is 11.6 Å². The molecular formula is C28H33FN4O4. The summed E-state index contributed by atoms with van der Waals surface area (Å²) in [6.45, 7) is 4.51. The maximum atomic E-state index is 13.3. The Morgan fingerprint density at radius 3 is 2.43 bits per heavy atom. The van der Waals surface area contributed by atoms with Crippen molar-refractivity contribution < 1.29 is 24.2 Å². The number of nitrogens with two attached hydrogens (primary N) is 1. The van der Waals surface area contributed by atoms with Crippen molar-refractivity contribution in [2.75, 3.05) is 11.9 Å². The van der Waals surface area contributed by atoms with Gasteiger partial charge in [-0.05, 0) is 66.8 Å². The first-order valence-corrected chi connectivity index (χ1v) is 11.9. The van der Waals surface area contributed by atoms with Gasteiger partial charge in [0, 0.05) is 18.6 Å². The van der Waals surface area contributed by atoms with Crippen LogP contribution < -0.4 is 21.7 Å². The van der Waals surface area contributed by atoms with E-state index in [2.05, 4.69) is 16.0 Å². The first-order valence-electron chi connectivity index (χ1n) is 11.9. The molecule has 0 spiro atoms. The number of halogens is 1. The number of anilines is 1. The lowest BCUT2D eigenvalue weighted by atomic mass is 9.93. The standard InChI is InChI=1S/C28H33FN4O4/c1-28(2,32-17-25(35)21-9-10-24(34)23(14-21)33-27(30)37)15-19-6-3-5-18(11-19)13-26(36)31-16-20-7-4-8-22(29)12-20/h3-12,14,25,32,34-35H,13,15-17H2,1-2H3,(H,31,36)(H3,30,33,37). The minimum atomic E-state index is -0.888. The van der Waals surface area contributed by atoms with Gasteiger partial charge >= 0.3 is 6.03 Å². The summed E-state index contributed by atoms with van der Waals surface area (Å²) in [6.07, 6.45) is -0.0396. The van der Waals surface area contributed by atoms with Crippen LogP contribution in [0.4, 0.5) is 14.9 Å². The van der Waals surface area contributed by atoms with E-state index in [4.69, 9.17) is 5.73 Å². The Bertz CT molecular complexity index is 1250. The number of phenolic OH excluding ortho intramolecular Hbond substituents is 1. The molecule has 0 heterocycles. The highest BCUT2D eigenvalue weighted by Gasteiger charge is 2.21. The van der Waals surface area contributed by atoms with E-state index in [-0.39, 0.29) is 48.2 Å². The van der Waals surface area contributed by atoms with Gasteiger partial charge in [-0.25, -0.2) is 9.18 Å². The summed E-state index contributed by atoms with van der Waals surface area (Å²) in [7, 11) is 0. The third kappa shape index (κ3) is 8.89. The average Bonchev–Trinajstić information content (AvgIpc) is 2.82. The molecule has 8 nitrogen and oxygen atoms in total. The molecule has 0 aromatic heterocycles. The second-order valence-electron chi connectivity index (χ2n) is 9.63. The van der Waals surface area contributed by atoms with Gasteiger partial charge in [0.15, 0.2) is 0 Å². The number of urea groups is 1. The highest BCUT2D eigenvalue weighted by molar-refractivity contribution is 5.89. The number of phenols is 1. The lowest BCUT2D eigenvalue weighted by molar-refractivity contribution is -0.120. The van der Waals surface area contributed by atoms with Crippen LogP contribution in [0.1, 0.15) is 42.2 Å². The Morgan fingerprint density at radius 2 is 1.70 bits per heavy atom. The van der Waals surface area contributed by atoms with Crippen LogP contribution in [-0.2, 0) is 24.2 Å². The summed E-state index contributed by atoms with van der Waals surface area (Å²) in [5.74, 6) is -0.636. The van der Waals surface area contributed by atoms with Crippen molar-refractivity contribution in [1.29, 1.82) is 0 Å². The molecule has 3 amide bonds. The van der Waals surface area contributed by atoms with Crippen LogP contribution in [0.3, 0.4) is 0 Å². The van der Waals surface area contributed by atoms with E-state index < -0.39 is 12.1 Å². The van der Waals surface area contributed by atoms with Crippen LogP contribution in [0.5, 0.6) is 5.75 Å². The summed E-state index contributed by atoms with van der Waals surface area (Å²) in [5, 5.41) is 29.0. The molecule has 196 valence electrons. The lowest BCUT2D eigenvalue weighted by Gasteiger charge is -2.28. The molecule has 0 saturated carbocycles. The molecule has 0 aliphatic heterocycles. The van der Waals surface area contributed by atoms with Gasteiger partial charge in [-0.3, -0.25) is 4.79 Å². The van der Waals surface area contributed by atoms with E-state index in [1.165, 1.54) is 24.3 Å². The molecular weight excluding hydrogens is 475 g/mol. The number of β-amino-alcohol motifs (C(OH)–C–C–N with tert-alkyl or cyclic N) is 1. The first kappa shape index (κ1) is 27.6. The summed E-state index contributed by atoms with van der Waals surface area (Å²) in [4.78, 5) is 23.5. The fourth-order valence-electron chi connectivity index (χ4n) is 4.00. The minimum Gasteiger partial charge on any atom is -0.506 e. The van der Waals surface area contributed by atoms with Crippen molar-refractivity contribution in [2.45, 2.75) is 44.9 Å². The van der Waals surface area contributed by atoms with Gasteiger partial charge in [0.05, 0.1) is 18.2 Å². The number of hydrogen-bond acceptors (Lipinski definition) is 5. The largest absolute Gasteiger partial charge is 0.506 e.